The smallest absolute Gasteiger partial charge is 0.482 e. The molecule has 62 valence electrons. The van der Waals surface area contributed by atoms with Crippen molar-refractivity contribution in [3.05, 3.63) is 12.2 Å². The van der Waals surface area contributed by atoms with Gasteiger partial charge in [-0.1, -0.05) is 6.58 Å². The largest absolute Gasteiger partial charge is 0.712 e. The van der Waals surface area contributed by atoms with E-state index in [0.717, 1.165) is 0 Å². The highest BCUT2D eigenvalue weighted by Gasteiger charge is 2.20. The van der Waals surface area contributed by atoms with Gasteiger partial charge >= 0.3 is 13.3 Å². The Morgan fingerprint density at radius 2 is 2.27 bits per heavy atom. The molecule has 0 aromatic rings. The molecule has 0 aromatic carbocycles. The first-order valence-corrected chi connectivity index (χ1v) is 3.24. The fraction of sp³-hybridized carbons (Fsp3) is 0.500. The highest BCUT2D eigenvalue weighted by molar-refractivity contribution is 6.38. The maximum absolute atomic E-state index is 10.7. The molecule has 0 unspecified atom stereocenters. The van der Waals surface area contributed by atoms with Crippen LogP contribution >= 0.6 is 0 Å². The zero-order valence-corrected chi connectivity index (χ0v) is 6.66. The van der Waals surface area contributed by atoms with Gasteiger partial charge in [0.25, 0.3) is 0 Å². The quantitative estimate of drug-likeness (QED) is 0.466. The van der Waals surface area contributed by atoms with Crippen molar-refractivity contribution in [3.8, 4) is 0 Å². The molecule has 0 saturated heterocycles. The summed E-state index contributed by atoms with van der Waals surface area (Å²) in [7, 11) is -1.48. The molecule has 5 heteroatoms. The van der Waals surface area contributed by atoms with Gasteiger partial charge in [-0.25, -0.2) is 4.79 Å². The topological polar surface area (TPSA) is 55.8 Å². The lowest BCUT2D eigenvalue weighted by Gasteiger charge is -2.05. The zero-order chi connectivity index (χ0) is 8.85. The molecule has 0 rings (SSSR count). The molecule has 0 heterocycles. The van der Waals surface area contributed by atoms with E-state index >= 15 is 0 Å². The van der Waals surface area contributed by atoms with Gasteiger partial charge < -0.3 is 14.3 Å². The average molecular weight is 158 g/mol. The first kappa shape index (κ1) is 10.2. The Bertz CT molecular complexity index is 157. The Hall–Kier alpha value is -0.805. The van der Waals surface area contributed by atoms with Crippen LogP contribution in [0.25, 0.3) is 0 Å². The van der Waals surface area contributed by atoms with Crippen molar-refractivity contribution in [2.75, 3.05) is 6.61 Å². The standard InChI is InChI=1S/C6H11BO4/c1-4-10-7(9)11-6(8)5(2)3/h9H,2,4H2,1,3H3. The monoisotopic (exact) mass is 158 g/mol. The summed E-state index contributed by atoms with van der Waals surface area (Å²) >= 11 is 0. The van der Waals surface area contributed by atoms with Gasteiger partial charge in [-0.3, -0.25) is 0 Å². The van der Waals surface area contributed by atoms with Crippen molar-refractivity contribution in [1.82, 2.24) is 0 Å². The number of hydrogen-bond acceptors (Lipinski definition) is 4. The summed E-state index contributed by atoms with van der Waals surface area (Å²) < 4.78 is 8.88. The molecule has 0 aliphatic heterocycles. The molecule has 0 amide bonds. The molecule has 1 N–H and O–H groups in total. The second kappa shape index (κ2) is 4.93. The van der Waals surface area contributed by atoms with Crippen LogP contribution in [0.2, 0.25) is 0 Å². The number of carbonyl (C=O) groups excluding carboxylic acids is 1. The maximum atomic E-state index is 10.7. The van der Waals surface area contributed by atoms with Crippen LogP contribution in [0.3, 0.4) is 0 Å². The van der Waals surface area contributed by atoms with Crippen molar-refractivity contribution < 1.29 is 19.1 Å². The Morgan fingerprint density at radius 1 is 1.73 bits per heavy atom. The van der Waals surface area contributed by atoms with Crippen LogP contribution in [0.4, 0.5) is 0 Å². The fourth-order valence-electron chi connectivity index (χ4n) is 0.369. The second-order valence-corrected chi connectivity index (χ2v) is 1.95. The van der Waals surface area contributed by atoms with Gasteiger partial charge in [-0.05, 0) is 13.8 Å². The van der Waals surface area contributed by atoms with Crippen molar-refractivity contribution in [2.24, 2.45) is 0 Å². The fourth-order valence-corrected chi connectivity index (χ4v) is 0.369. The third kappa shape index (κ3) is 4.58. The molecular weight excluding hydrogens is 147 g/mol. The predicted molar refractivity (Wildman–Crippen MR) is 40.5 cm³/mol. The predicted octanol–water partition coefficient (Wildman–Crippen LogP) is 0.119. The molecule has 11 heavy (non-hydrogen) atoms. The van der Waals surface area contributed by atoms with Crippen molar-refractivity contribution in [1.29, 1.82) is 0 Å². The summed E-state index contributed by atoms with van der Waals surface area (Å²) in [6.45, 7) is 6.77. The van der Waals surface area contributed by atoms with Gasteiger partial charge in [-0.15, -0.1) is 0 Å². The molecule has 0 aliphatic rings. The Morgan fingerprint density at radius 3 is 2.64 bits per heavy atom. The van der Waals surface area contributed by atoms with Crippen LogP contribution in [0.5, 0.6) is 0 Å². The molecule has 4 nitrogen and oxygen atoms in total. The average Bonchev–Trinajstić information content (AvgIpc) is 1.87. The second-order valence-electron chi connectivity index (χ2n) is 1.95. The van der Waals surface area contributed by atoms with Crippen molar-refractivity contribution >= 4 is 13.3 Å². The van der Waals surface area contributed by atoms with Gasteiger partial charge in [-0.2, -0.15) is 0 Å². The van der Waals surface area contributed by atoms with Gasteiger partial charge in [0.2, 0.25) is 0 Å². The molecule has 0 saturated carbocycles. The molecule has 0 atom stereocenters. The third-order valence-electron chi connectivity index (χ3n) is 0.866. The Kier molecular flexibility index (Phi) is 4.57. The van der Waals surface area contributed by atoms with Crippen LogP contribution in [-0.2, 0) is 14.1 Å². The van der Waals surface area contributed by atoms with E-state index in [4.69, 9.17) is 5.02 Å². The number of hydrogen-bond donors (Lipinski definition) is 1. The minimum atomic E-state index is -1.48. The lowest BCUT2D eigenvalue weighted by Crippen LogP contribution is -2.26. The molecule has 0 radical (unpaired) electrons. The highest BCUT2D eigenvalue weighted by atomic mass is 16.7. The summed E-state index contributed by atoms with van der Waals surface area (Å²) in [6, 6.07) is 0. The lowest BCUT2D eigenvalue weighted by atomic mass is 10.2. The van der Waals surface area contributed by atoms with E-state index in [1.165, 1.54) is 6.92 Å². The van der Waals surface area contributed by atoms with Gasteiger partial charge in [0.1, 0.15) is 0 Å². The zero-order valence-electron chi connectivity index (χ0n) is 6.66. The first-order chi connectivity index (χ1) is 5.07. The van der Waals surface area contributed by atoms with Gasteiger partial charge in [0, 0.05) is 12.2 Å². The molecule has 0 aliphatic carbocycles. The summed E-state index contributed by atoms with van der Waals surface area (Å²) in [5, 5.41) is 8.76. The number of rotatable bonds is 4. The summed E-state index contributed by atoms with van der Waals surface area (Å²) in [4.78, 5) is 10.7. The molecule has 0 spiro atoms. The van der Waals surface area contributed by atoms with Crippen LogP contribution in [0.15, 0.2) is 12.2 Å². The minimum absolute atomic E-state index is 0.226. The van der Waals surface area contributed by atoms with E-state index in [2.05, 4.69) is 15.9 Å². The molecule has 0 aromatic heterocycles. The Labute approximate surface area is 66.0 Å². The highest BCUT2D eigenvalue weighted by Crippen LogP contribution is 1.94. The summed E-state index contributed by atoms with van der Waals surface area (Å²) in [5.74, 6) is -0.661. The van der Waals surface area contributed by atoms with Crippen LogP contribution < -0.4 is 0 Å². The SMILES string of the molecule is C=C(C)C(=O)OB(O)OCC. The van der Waals surface area contributed by atoms with Crippen molar-refractivity contribution in [3.63, 3.8) is 0 Å². The summed E-state index contributed by atoms with van der Waals surface area (Å²) in [5.41, 5.74) is 0.226. The first-order valence-electron chi connectivity index (χ1n) is 3.24. The van der Waals surface area contributed by atoms with Gasteiger partial charge in [0.15, 0.2) is 0 Å². The van der Waals surface area contributed by atoms with E-state index in [9.17, 15) is 4.79 Å². The third-order valence-corrected chi connectivity index (χ3v) is 0.866. The minimum Gasteiger partial charge on any atom is -0.482 e. The van der Waals surface area contributed by atoms with Crippen LogP contribution in [0.1, 0.15) is 13.8 Å². The van der Waals surface area contributed by atoms with Crippen molar-refractivity contribution in [2.45, 2.75) is 13.8 Å². The Balaban J connectivity index is 3.66. The van der Waals surface area contributed by atoms with Gasteiger partial charge in [0.05, 0.1) is 0 Å². The molecular formula is C6H11BO4. The van der Waals surface area contributed by atoms with Crippen LogP contribution in [0, 0.1) is 0 Å². The van der Waals surface area contributed by atoms with E-state index in [1.54, 1.807) is 6.92 Å². The van der Waals surface area contributed by atoms with Crippen LogP contribution in [-0.4, -0.2) is 24.9 Å². The summed E-state index contributed by atoms with van der Waals surface area (Å²) in [6.07, 6.45) is 0. The van der Waals surface area contributed by atoms with E-state index < -0.39 is 13.3 Å². The van der Waals surface area contributed by atoms with E-state index in [0.29, 0.717) is 0 Å². The normalized spacial score (nSPS) is 9.00. The van der Waals surface area contributed by atoms with E-state index in [1.807, 2.05) is 0 Å². The molecule has 0 bridgehead atoms. The number of carbonyl (C=O) groups is 1. The maximum Gasteiger partial charge on any atom is 0.712 e. The molecule has 0 fully saturated rings. The lowest BCUT2D eigenvalue weighted by molar-refractivity contribution is -0.132. The van der Waals surface area contributed by atoms with E-state index in [-0.39, 0.29) is 12.2 Å².